The van der Waals surface area contributed by atoms with Crippen LogP contribution >= 0.6 is 0 Å². The van der Waals surface area contributed by atoms with Crippen molar-refractivity contribution in [2.24, 2.45) is 11.8 Å². The molecular weight excluding hydrogens is 446 g/mol. The van der Waals surface area contributed by atoms with E-state index in [9.17, 15) is 33.5 Å². The smallest absolute Gasteiger partial charge is 0.259 e. The number of nitrogens with zero attached hydrogens (tertiary/aromatic N) is 2. The number of aliphatic hydroxyl groups is 1. The maximum atomic E-state index is 14.9. The van der Waals surface area contributed by atoms with E-state index in [1.165, 1.54) is 6.92 Å². The van der Waals surface area contributed by atoms with Gasteiger partial charge in [-0.05, 0) is 38.2 Å². The van der Waals surface area contributed by atoms with E-state index in [1.54, 1.807) is 30.3 Å². The minimum atomic E-state index is -3.16. The van der Waals surface area contributed by atoms with Crippen LogP contribution in [0, 0.1) is 23.2 Å². The van der Waals surface area contributed by atoms with Crippen molar-refractivity contribution >= 4 is 17.7 Å². The van der Waals surface area contributed by atoms with E-state index < -0.39 is 59.7 Å². The molecule has 3 aliphatic heterocycles. The molecule has 182 valence electrons. The molecule has 5 rings (SSSR count). The first-order chi connectivity index (χ1) is 16.1. The molecule has 4 fully saturated rings. The van der Waals surface area contributed by atoms with Gasteiger partial charge >= 0.3 is 0 Å². The quantitative estimate of drug-likeness (QED) is 0.576. The minimum Gasteiger partial charge on any atom is -0.376 e. The fourth-order valence-corrected chi connectivity index (χ4v) is 5.49. The van der Waals surface area contributed by atoms with Crippen LogP contribution in [0.25, 0.3) is 0 Å². The van der Waals surface area contributed by atoms with Gasteiger partial charge in [-0.15, -0.1) is 0 Å². The van der Waals surface area contributed by atoms with Crippen LogP contribution in [0.5, 0.6) is 0 Å². The van der Waals surface area contributed by atoms with Gasteiger partial charge in [0.15, 0.2) is 5.60 Å². The summed E-state index contributed by atoms with van der Waals surface area (Å²) in [4.78, 5) is 39.8. The van der Waals surface area contributed by atoms with E-state index in [2.05, 4.69) is 10.6 Å². The Morgan fingerprint density at radius 3 is 2.62 bits per heavy atom. The molecule has 10 heteroatoms. The number of nitrogens with one attached hydrogen (secondary N) is 2. The topological polar surface area (TPSA) is 123 Å². The fourth-order valence-electron chi connectivity index (χ4n) is 5.49. The van der Waals surface area contributed by atoms with Crippen LogP contribution < -0.4 is 10.6 Å². The van der Waals surface area contributed by atoms with Crippen molar-refractivity contribution in [3.05, 3.63) is 35.9 Å². The summed E-state index contributed by atoms with van der Waals surface area (Å²) >= 11 is 0. The van der Waals surface area contributed by atoms with Crippen molar-refractivity contribution in [3.8, 4) is 6.07 Å². The van der Waals surface area contributed by atoms with E-state index in [4.69, 9.17) is 0 Å². The Labute approximate surface area is 196 Å². The highest BCUT2D eigenvalue weighted by Crippen LogP contribution is 2.50. The number of fused-ring (bicyclic) bond motifs is 3. The maximum Gasteiger partial charge on any atom is 0.259 e. The van der Waals surface area contributed by atoms with Gasteiger partial charge in [0.05, 0.1) is 12.0 Å². The number of piperidine rings is 2. The van der Waals surface area contributed by atoms with Crippen molar-refractivity contribution in [1.29, 1.82) is 5.26 Å². The highest BCUT2D eigenvalue weighted by Gasteiger charge is 2.62. The Bertz CT molecular complexity index is 1010. The number of carbonyl (C=O) groups excluding carboxylic acids is 3. The average Bonchev–Trinajstić information content (AvgIpc) is 3.21. The van der Waals surface area contributed by atoms with Crippen LogP contribution in [0.3, 0.4) is 0 Å². The second-order valence-corrected chi connectivity index (χ2v) is 9.60. The molecule has 0 radical (unpaired) electrons. The molecule has 3 heterocycles. The molecule has 4 aliphatic rings. The molecule has 1 aromatic rings. The summed E-state index contributed by atoms with van der Waals surface area (Å²) < 4.78 is 29.7. The first-order valence-electron chi connectivity index (χ1n) is 11.5. The number of benzene rings is 1. The van der Waals surface area contributed by atoms with Crippen molar-refractivity contribution < 1.29 is 28.3 Å². The Hall–Kier alpha value is -3.06. The molecule has 1 aliphatic carbocycles. The zero-order valence-corrected chi connectivity index (χ0v) is 18.8. The van der Waals surface area contributed by atoms with Crippen LogP contribution in [0.2, 0.25) is 0 Å². The zero-order chi connectivity index (χ0) is 24.7. The summed E-state index contributed by atoms with van der Waals surface area (Å²) in [7, 11) is 0. The SMILES string of the molecule is C[C@](O)(C(=O)N1[C@H]2CC[C@@H]([C@@H]1C(=O)N[C@@H](C#N)C[C@@H]1CCNC1=O)C(F)(F)C2)c1ccccc1. The van der Waals surface area contributed by atoms with E-state index in [1.807, 2.05) is 6.07 Å². The molecule has 0 spiro atoms. The summed E-state index contributed by atoms with van der Waals surface area (Å²) in [5.41, 5.74) is -1.74. The molecule has 3 N–H and O–H groups in total. The molecule has 1 saturated carbocycles. The molecule has 2 bridgehead atoms. The van der Waals surface area contributed by atoms with E-state index in [0.717, 1.165) is 4.90 Å². The van der Waals surface area contributed by atoms with Gasteiger partial charge in [-0.25, -0.2) is 8.78 Å². The second-order valence-electron chi connectivity index (χ2n) is 9.60. The van der Waals surface area contributed by atoms with Gasteiger partial charge in [0.1, 0.15) is 12.1 Å². The third-order valence-electron chi connectivity index (χ3n) is 7.35. The van der Waals surface area contributed by atoms with Gasteiger partial charge in [0.2, 0.25) is 11.8 Å². The molecule has 6 atom stereocenters. The Morgan fingerprint density at radius 2 is 2.03 bits per heavy atom. The summed E-state index contributed by atoms with van der Waals surface area (Å²) in [6, 6.07) is 6.55. The minimum absolute atomic E-state index is 0.0509. The van der Waals surface area contributed by atoms with Crippen LogP contribution in [0.15, 0.2) is 30.3 Å². The number of halogens is 2. The lowest BCUT2D eigenvalue weighted by Gasteiger charge is -2.54. The van der Waals surface area contributed by atoms with Crippen molar-refractivity contribution in [2.45, 2.75) is 68.7 Å². The molecule has 0 unspecified atom stereocenters. The molecule has 34 heavy (non-hydrogen) atoms. The lowest BCUT2D eigenvalue weighted by atomic mass is 9.70. The zero-order valence-electron chi connectivity index (χ0n) is 18.8. The summed E-state index contributed by atoms with van der Waals surface area (Å²) in [5.74, 6) is -6.95. The van der Waals surface area contributed by atoms with Crippen molar-refractivity contribution in [3.63, 3.8) is 0 Å². The first-order valence-corrected chi connectivity index (χ1v) is 11.5. The summed E-state index contributed by atoms with van der Waals surface area (Å²) in [5, 5.41) is 25.8. The largest absolute Gasteiger partial charge is 0.376 e. The lowest BCUT2D eigenvalue weighted by molar-refractivity contribution is -0.203. The highest BCUT2D eigenvalue weighted by molar-refractivity contribution is 5.93. The first kappa shape index (κ1) is 24.1. The predicted molar refractivity (Wildman–Crippen MR) is 116 cm³/mol. The monoisotopic (exact) mass is 474 g/mol. The Balaban J connectivity index is 1.60. The van der Waals surface area contributed by atoms with Crippen LogP contribution in [-0.2, 0) is 20.0 Å². The standard InChI is InChI=1S/C24H28F2N4O4/c1-23(34,15-5-3-2-4-6-15)22(33)30-17-7-8-18(24(25,26)12-17)19(30)21(32)29-16(13-27)11-14-9-10-28-20(14)31/h2-6,14,16-19,34H,7-12H2,1H3,(H,28,31)(H,29,32)/t14-,16+,17-,18-,19+,23+/m0/s1. The van der Waals surface area contributed by atoms with Crippen LogP contribution in [0.4, 0.5) is 8.78 Å². The van der Waals surface area contributed by atoms with E-state index in [-0.39, 0.29) is 24.3 Å². The number of alkyl halides is 2. The molecule has 1 aromatic carbocycles. The second kappa shape index (κ2) is 8.95. The number of hydrogen-bond donors (Lipinski definition) is 3. The third-order valence-corrected chi connectivity index (χ3v) is 7.35. The van der Waals surface area contributed by atoms with Gasteiger partial charge in [-0.1, -0.05) is 30.3 Å². The van der Waals surface area contributed by atoms with Crippen molar-refractivity contribution in [1.82, 2.24) is 15.5 Å². The number of rotatable bonds is 6. The van der Waals surface area contributed by atoms with Gasteiger partial charge in [-0.3, -0.25) is 14.4 Å². The Kier molecular flexibility index (Phi) is 6.34. The number of nitriles is 1. The Morgan fingerprint density at radius 1 is 1.32 bits per heavy atom. The molecule has 8 nitrogen and oxygen atoms in total. The summed E-state index contributed by atoms with van der Waals surface area (Å²) in [6.45, 7) is 1.77. The molecular formula is C24H28F2N4O4. The number of carbonyl (C=O) groups is 3. The predicted octanol–water partition coefficient (Wildman–Crippen LogP) is 1.44. The van der Waals surface area contributed by atoms with Crippen LogP contribution in [-0.4, -0.2) is 58.3 Å². The number of hydrogen-bond acceptors (Lipinski definition) is 5. The lowest BCUT2D eigenvalue weighted by Crippen LogP contribution is -2.70. The van der Waals surface area contributed by atoms with Crippen molar-refractivity contribution in [2.75, 3.05) is 6.54 Å². The number of amides is 3. The molecule has 0 aromatic heterocycles. The van der Waals surface area contributed by atoms with Crippen LogP contribution in [0.1, 0.15) is 44.6 Å². The van der Waals surface area contributed by atoms with Gasteiger partial charge in [0, 0.05) is 24.9 Å². The third kappa shape index (κ3) is 4.25. The van der Waals surface area contributed by atoms with Gasteiger partial charge in [-0.2, -0.15) is 5.26 Å². The summed E-state index contributed by atoms with van der Waals surface area (Å²) in [6.07, 6.45) is 0.340. The van der Waals surface area contributed by atoms with Gasteiger partial charge < -0.3 is 20.6 Å². The molecule has 3 saturated heterocycles. The molecule has 3 amide bonds. The maximum absolute atomic E-state index is 14.9. The average molecular weight is 475 g/mol. The van der Waals surface area contributed by atoms with Gasteiger partial charge in [0.25, 0.3) is 11.8 Å². The fraction of sp³-hybridized carbons (Fsp3) is 0.583. The highest BCUT2D eigenvalue weighted by atomic mass is 19.3. The van der Waals surface area contributed by atoms with E-state index in [0.29, 0.717) is 19.4 Å². The normalized spacial score (nSPS) is 30.1. The van der Waals surface area contributed by atoms with E-state index >= 15 is 0 Å².